The molecule has 0 radical (unpaired) electrons. The Morgan fingerprint density at radius 2 is 1.31 bits per heavy atom. The molecule has 2 aliphatic carbocycles. The quantitative estimate of drug-likeness (QED) is 0.0818. The Kier molecular flexibility index (Phi) is 18.8. The predicted molar refractivity (Wildman–Crippen MR) is 275 cm³/mol. The van der Waals surface area contributed by atoms with E-state index in [1.165, 1.54) is 111 Å². The number of hydrogen-bond acceptors (Lipinski definition) is 16. The summed E-state index contributed by atoms with van der Waals surface area (Å²) in [6.07, 6.45) is 13.0. The molecule has 1 amide bonds. The Hall–Kier alpha value is -6.96. The van der Waals surface area contributed by atoms with E-state index in [2.05, 4.69) is 93.1 Å². The number of methoxy groups -OCH3 is 1. The van der Waals surface area contributed by atoms with Crippen LogP contribution < -0.4 is 22.5 Å². The van der Waals surface area contributed by atoms with Crippen LogP contribution in [0.25, 0.3) is 39.5 Å². The zero-order chi connectivity index (χ0) is 50.1. The number of aromatic nitrogens is 10. The number of tetrazole rings is 2. The molecular weight excluding hydrogens is 897 g/mol. The molecule has 19 nitrogen and oxygen atoms in total. The van der Waals surface area contributed by atoms with Crippen LogP contribution in [0.3, 0.4) is 0 Å². The van der Waals surface area contributed by atoms with Gasteiger partial charge in [0.05, 0.1) is 32.5 Å². The third-order valence-electron chi connectivity index (χ3n) is 12.9. The molecule has 0 bridgehead atoms. The molecule has 376 valence electrons. The van der Waals surface area contributed by atoms with E-state index in [1.807, 2.05) is 24.3 Å². The molecule has 19 heteroatoms. The number of amides is 1. The maximum Gasteiger partial charge on any atom is 0.305 e. The van der Waals surface area contributed by atoms with Crippen molar-refractivity contribution in [1.29, 1.82) is 0 Å². The summed E-state index contributed by atoms with van der Waals surface area (Å²) in [6, 6.07) is 22.4. The monoisotopic (exact) mass is 967 g/mol. The lowest BCUT2D eigenvalue weighted by Gasteiger charge is -2.26. The Balaban J connectivity index is 0.000000175. The van der Waals surface area contributed by atoms with Crippen LogP contribution in [-0.4, -0.2) is 132 Å². The number of ether oxygens (including phenoxy) is 1. The Morgan fingerprint density at radius 3 is 1.83 bits per heavy atom. The van der Waals surface area contributed by atoms with Crippen molar-refractivity contribution < 1.29 is 14.3 Å². The minimum absolute atomic E-state index is 0.157. The predicted octanol–water partition coefficient (Wildman–Crippen LogP) is 5.10. The molecule has 0 atom stereocenters. The van der Waals surface area contributed by atoms with E-state index in [1.54, 1.807) is 21.0 Å². The summed E-state index contributed by atoms with van der Waals surface area (Å²) in [7, 11) is 4.87. The molecule has 2 aliphatic heterocycles. The number of primary amides is 1. The van der Waals surface area contributed by atoms with Gasteiger partial charge in [-0.1, -0.05) is 74.4 Å². The van der Waals surface area contributed by atoms with Gasteiger partial charge >= 0.3 is 5.97 Å². The second kappa shape index (κ2) is 25.8. The van der Waals surface area contributed by atoms with E-state index in [0.717, 1.165) is 84.1 Å². The van der Waals surface area contributed by atoms with Crippen LogP contribution in [0.15, 0.2) is 72.4 Å². The minimum Gasteiger partial charge on any atom is -0.469 e. The summed E-state index contributed by atoms with van der Waals surface area (Å²) in [6.45, 7) is 10.9. The summed E-state index contributed by atoms with van der Waals surface area (Å²) >= 11 is 0. The van der Waals surface area contributed by atoms with Gasteiger partial charge in [0, 0.05) is 54.6 Å². The zero-order valence-electron chi connectivity index (χ0n) is 41.8. The fourth-order valence-corrected chi connectivity index (χ4v) is 9.27. The minimum atomic E-state index is -0.498. The summed E-state index contributed by atoms with van der Waals surface area (Å²) < 4.78 is 4.26. The average molecular weight is 967 g/mol. The van der Waals surface area contributed by atoms with Gasteiger partial charge in [-0.15, -0.1) is 20.4 Å². The Labute approximate surface area is 416 Å². The molecule has 2 fully saturated rings. The third kappa shape index (κ3) is 14.3. The molecule has 0 spiro atoms. The smallest absolute Gasteiger partial charge is 0.305 e. The first-order valence-electron chi connectivity index (χ1n) is 25.0. The van der Waals surface area contributed by atoms with Gasteiger partial charge in [-0.3, -0.25) is 9.59 Å². The largest absolute Gasteiger partial charge is 0.469 e. The first-order valence-corrected chi connectivity index (χ1v) is 25.0. The number of likely N-dealkylation sites (tertiary alicyclic amines) is 2. The van der Waals surface area contributed by atoms with E-state index in [4.69, 9.17) is 27.2 Å². The summed E-state index contributed by atoms with van der Waals surface area (Å²) in [5.74, 6) is 2.34. The molecule has 71 heavy (non-hydrogen) atoms. The van der Waals surface area contributed by atoms with E-state index >= 15 is 0 Å². The number of anilines is 1. The van der Waals surface area contributed by atoms with Crippen LogP contribution in [0.2, 0.25) is 0 Å². The van der Waals surface area contributed by atoms with Crippen molar-refractivity contribution in [3.63, 3.8) is 0 Å². The van der Waals surface area contributed by atoms with Gasteiger partial charge in [-0.25, -0.2) is 9.97 Å². The Bertz CT molecular complexity index is 2720. The van der Waals surface area contributed by atoms with Crippen LogP contribution in [-0.2, 0) is 47.7 Å². The number of nitrogens with two attached hydrogens (primary N) is 3. The normalized spacial score (nSPS) is 14.9. The second-order valence-electron chi connectivity index (χ2n) is 18.2. The molecule has 5 heterocycles. The maximum atomic E-state index is 11.4. The highest BCUT2D eigenvalue weighted by molar-refractivity contribution is 6.21. The molecule has 2 saturated heterocycles. The number of carbonyl (C=O) groups excluding carboxylic acids is 2. The number of allylic oxidation sites excluding steroid dienone is 1. The molecule has 3 aromatic heterocycles. The van der Waals surface area contributed by atoms with E-state index in [0.29, 0.717) is 35.8 Å². The molecule has 0 unspecified atom stereocenters. The molecule has 7 N–H and O–H groups in total. The van der Waals surface area contributed by atoms with E-state index in [9.17, 15) is 9.59 Å². The van der Waals surface area contributed by atoms with Gasteiger partial charge < -0.3 is 37.1 Å². The third-order valence-corrected chi connectivity index (χ3v) is 12.9. The van der Waals surface area contributed by atoms with Crippen LogP contribution in [0.1, 0.15) is 98.5 Å². The number of carbonyl (C=O) groups is 2. The van der Waals surface area contributed by atoms with Crippen molar-refractivity contribution in [3.05, 3.63) is 106 Å². The van der Waals surface area contributed by atoms with Crippen LogP contribution in [0.5, 0.6) is 0 Å². The number of esters is 1. The number of fused-ring (bicyclic) bond motifs is 4. The second-order valence-corrected chi connectivity index (χ2v) is 18.2. The first-order chi connectivity index (χ1) is 34.5. The van der Waals surface area contributed by atoms with Crippen molar-refractivity contribution in [2.45, 2.75) is 84.0 Å². The van der Waals surface area contributed by atoms with E-state index in [-0.39, 0.29) is 5.97 Å². The van der Waals surface area contributed by atoms with Crippen molar-refractivity contribution in [2.75, 3.05) is 64.8 Å². The van der Waals surface area contributed by atoms with Crippen molar-refractivity contribution in [3.8, 4) is 33.9 Å². The topological polar surface area (TPSA) is 253 Å². The Morgan fingerprint density at radius 1 is 0.732 bits per heavy atom. The van der Waals surface area contributed by atoms with Crippen molar-refractivity contribution in [1.82, 2.24) is 60.2 Å². The molecule has 6 aromatic rings. The first kappa shape index (κ1) is 51.9. The zero-order valence-corrected chi connectivity index (χ0v) is 41.8. The summed E-state index contributed by atoms with van der Waals surface area (Å²) in [4.78, 5) is 39.4. The van der Waals surface area contributed by atoms with Crippen molar-refractivity contribution in [2.24, 2.45) is 31.3 Å². The maximum absolute atomic E-state index is 11.4. The highest BCUT2D eigenvalue weighted by Crippen LogP contribution is 2.41. The van der Waals surface area contributed by atoms with Crippen molar-refractivity contribution >= 4 is 23.3 Å². The van der Waals surface area contributed by atoms with Gasteiger partial charge in [0.1, 0.15) is 11.6 Å². The van der Waals surface area contributed by atoms with E-state index < -0.39 is 5.91 Å². The fraction of sp³-hybridized carbons (Fsp3) is 0.462. The molecular formula is C52H70N16O3. The fourth-order valence-electron chi connectivity index (χ4n) is 9.27. The van der Waals surface area contributed by atoms with Gasteiger partial charge in [-0.2, -0.15) is 9.59 Å². The van der Waals surface area contributed by atoms with Crippen LogP contribution in [0.4, 0.5) is 5.82 Å². The van der Waals surface area contributed by atoms with Gasteiger partial charge in [-0.05, 0) is 135 Å². The number of nitrogens with one attached hydrogen (secondary N) is 1. The number of rotatable bonds is 14. The molecule has 3 aromatic carbocycles. The number of benzene rings is 3. The molecule has 4 aliphatic rings. The van der Waals surface area contributed by atoms with Crippen LogP contribution >= 0.6 is 0 Å². The number of piperidine rings is 2. The van der Waals surface area contributed by atoms with Gasteiger partial charge in [0.25, 0.3) is 5.91 Å². The van der Waals surface area contributed by atoms with Gasteiger partial charge in [0.2, 0.25) is 11.6 Å². The lowest BCUT2D eigenvalue weighted by molar-refractivity contribution is -0.140. The summed E-state index contributed by atoms with van der Waals surface area (Å²) in [5.41, 5.74) is 27.0. The highest BCUT2D eigenvalue weighted by Gasteiger charge is 2.27. The lowest BCUT2D eigenvalue weighted by atomic mass is 10.0. The molecule has 10 rings (SSSR count). The SMILES string of the molecule is CCC(=O)OC.Cn1nnc(-c2ccc3c(c2)CC(N)=C3C(N)=O)n1.Cn1nnc(-c2ccc3c(c2)Cc2nc(Cc4ccccc4)nc(NCCCN4CCCCC4)c2-3)n1.NCCCN1CCCCC1. The highest BCUT2D eigenvalue weighted by atomic mass is 16.5. The number of nitrogens with zero attached hydrogens (tertiary/aromatic N) is 12. The van der Waals surface area contributed by atoms with Gasteiger partial charge in [0.15, 0.2) is 0 Å². The molecule has 0 saturated carbocycles. The summed E-state index contributed by atoms with van der Waals surface area (Å²) in [5, 5.41) is 28.1. The lowest BCUT2D eigenvalue weighted by Crippen LogP contribution is -2.31. The number of aryl methyl sites for hydroxylation is 2. The average Bonchev–Trinajstić information content (AvgIpc) is 4.20. The standard InChI is InChI=1S/C28H32N8.C12H12N6O.C8H18N2.C4H8O2/c1-35-33-27(32-34-35)21-11-12-23-22(18-21)19-24-26(23)28(29-13-8-16-36-14-6-3-7-15-36)31-25(30-24)17-20-9-4-2-5-10-20;1-18-16-12(15-17-18)6-2-3-8-7(4-6)5-9(13)10(8)11(14)19;9-5-4-8-10-6-2-1-3-7-10;1-3-4(5)6-2/h2,4-5,9-12,18H,3,6-8,13-17,19H2,1H3,(H,29,30,31);2-4H,5,13H2,1H3,(H2,14,19);1-9H2;3H2,1-2H3. The van der Waals surface area contributed by atoms with Crippen LogP contribution in [0, 0.1) is 0 Å². The number of hydrogen-bond donors (Lipinski definition) is 4.